The molecule has 8 rings (SSSR count). The van der Waals surface area contributed by atoms with E-state index >= 15 is 0 Å². The number of aliphatic hydroxyl groups is 8. The maximum atomic E-state index is 12.2. The average molecular weight is 799 g/mol. The molecule has 8 fully saturated rings. The Balaban J connectivity index is 1.11. The van der Waals surface area contributed by atoms with Crippen LogP contribution in [-0.2, 0) is 33.2 Å². The molecule has 15 heteroatoms. The van der Waals surface area contributed by atoms with Crippen molar-refractivity contribution < 1.29 is 74.1 Å². The van der Waals surface area contributed by atoms with Gasteiger partial charge in [0.1, 0.15) is 36.6 Å². The van der Waals surface area contributed by atoms with Crippen LogP contribution in [0.15, 0.2) is 0 Å². The van der Waals surface area contributed by atoms with Crippen LogP contribution in [0.3, 0.4) is 0 Å². The zero-order valence-corrected chi connectivity index (χ0v) is 33.7. The quantitative estimate of drug-likeness (QED) is 0.125. The fourth-order valence-electron chi connectivity index (χ4n) is 14.3. The Kier molecular flexibility index (Phi) is 10.4. The largest absolute Gasteiger partial charge is 0.454 e. The number of hydrogen-bond acceptors (Lipinski definition) is 15. The second kappa shape index (κ2) is 14.0. The molecule has 5 aliphatic carbocycles. The topological polar surface area (TPSA) is 234 Å². The van der Waals surface area contributed by atoms with Crippen molar-refractivity contribution in [1.82, 2.24) is 0 Å². The molecule has 0 bridgehead atoms. The van der Waals surface area contributed by atoms with Crippen molar-refractivity contribution in [3.63, 3.8) is 0 Å². The average Bonchev–Trinajstić information content (AvgIpc) is 3.49. The van der Waals surface area contributed by atoms with E-state index < -0.39 is 97.4 Å². The van der Waals surface area contributed by atoms with Crippen molar-refractivity contribution in [3.05, 3.63) is 0 Å². The molecular formula is C41H66O15. The number of hydrogen-bond donors (Lipinski definition) is 8. The third-order valence-corrected chi connectivity index (χ3v) is 17.1. The van der Waals surface area contributed by atoms with Gasteiger partial charge in [0.25, 0.3) is 0 Å². The van der Waals surface area contributed by atoms with Crippen LogP contribution in [0, 0.1) is 39.4 Å². The summed E-state index contributed by atoms with van der Waals surface area (Å²) in [6.07, 6.45) is -6.63. The van der Waals surface area contributed by atoms with Crippen LogP contribution < -0.4 is 0 Å². The van der Waals surface area contributed by atoms with Gasteiger partial charge < -0.3 is 69.3 Å². The first-order valence-corrected chi connectivity index (χ1v) is 21.0. The summed E-state index contributed by atoms with van der Waals surface area (Å²) in [6.45, 7) is 10.8. The molecule has 5 saturated carbocycles. The van der Waals surface area contributed by atoms with Gasteiger partial charge in [0, 0.05) is 12.8 Å². The highest BCUT2D eigenvalue weighted by molar-refractivity contribution is 5.66. The maximum absolute atomic E-state index is 12.2. The lowest BCUT2D eigenvalue weighted by molar-refractivity contribution is -0.328. The monoisotopic (exact) mass is 798 g/mol. The zero-order valence-electron chi connectivity index (χ0n) is 33.7. The SMILES string of the molecule is CC(=O)O[C@H]1[C@H](O[C@H]2CC[C@]34C[C@@]35CC[C@]3(C)[C@@H]([C@@]6(C)CC[C@@H](C(C)(C)O)O6)[C@@H](O)C[C@@]3(C)[C@@H]5C[C@H](O[C@@H]3O[C@H](CO)[C@@H](O)[C@H](O)[C@H]3O)C4C2)OC[C@@H](O)[C@@H]1O. The Morgan fingerprint density at radius 1 is 0.821 bits per heavy atom. The van der Waals surface area contributed by atoms with Gasteiger partial charge in [-0.2, -0.15) is 0 Å². The van der Waals surface area contributed by atoms with Crippen LogP contribution >= 0.6 is 0 Å². The van der Waals surface area contributed by atoms with Crippen molar-refractivity contribution in [2.45, 2.75) is 197 Å². The van der Waals surface area contributed by atoms with Gasteiger partial charge in [0.15, 0.2) is 18.7 Å². The molecule has 8 N–H and O–H groups in total. The number of esters is 1. The molecule has 0 aromatic heterocycles. The normalized spacial score (nSPS) is 56.8. The summed E-state index contributed by atoms with van der Waals surface area (Å²) in [4.78, 5) is 12.0. The molecule has 2 spiro atoms. The summed E-state index contributed by atoms with van der Waals surface area (Å²) in [5.74, 6) is -0.800. The van der Waals surface area contributed by atoms with E-state index in [9.17, 15) is 45.6 Å². The fraction of sp³-hybridized carbons (Fsp3) is 0.976. The van der Waals surface area contributed by atoms with E-state index in [-0.39, 0.29) is 52.1 Å². The first kappa shape index (κ1) is 41.7. The van der Waals surface area contributed by atoms with Crippen molar-refractivity contribution in [3.8, 4) is 0 Å². The minimum Gasteiger partial charge on any atom is -0.454 e. The van der Waals surface area contributed by atoms with Gasteiger partial charge in [-0.1, -0.05) is 13.8 Å². The van der Waals surface area contributed by atoms with Crippen LogP contribution in [0.1, 0.15) is 106 Å². The van der Waals surface area contributed by atoms with Gasteiger partial charge in [-0.05, 0) is 118 Å². The summed E-state index contributed by atoms with van der Waals surface area (Å²) in [5, 5.41) is 86.6. The summed E-state index contributed by atoms with van der Waals surface area (Å²) in [5.41, 5.74) is -2.50. The Morgan fingerprint density at radius 2 is 1.55 bits per heavy atom. The Bertz CT molecular complexity index is 1490. The van der Waals surface area contributed by atoms with Gasteiger partial charge in [-0.3, -0.25) is 4.79 Å². The van der Waals surface area contributed by atoms with Crippen LogP contribution in [0.2, 0.25) is 0 Å². The minimum absolute atomic E-state index is 0.0459. The van der Waals surface area contributed by atoms with Gasteiger partial charge in [0.05, 0.1) is 48.8 Å². The third kappa shape index (κ3) is 6.11. The van der Waals surface area contributed by atoms with Crippen molar-refractivity contribution in [2.75, 3.05) is 13.2 Å². The summed E-state index contributed by atoms with van der Waals surface area (Å²) in [6, 6.07) is 0. The Hall–Kier alpha value is -1.05. The molecule has 3 saturated heterocycles. The first-order chi connectivity index (χ1) is 26.1. The summed E-state index contributed by atoms with van der Waals surface area (Å²) in [7, 11) is 0. The number of aliphatic hydroxyl groups excluding tert-OH is 7. The molecular weight excluding hydrogens is 732 g/mol. The molecule has 8 aliphatic rings. The second-order valence-corrected chi connectivity index (χ2v) is 20.3. The van der Waals surface area contributed by atoms with Crippen LogP contribution in [0.5, 0.6) is 0 Å². The van der Waals surface area contributed by atoms with Crippen molar-refractivity contribution >= 4 is 5.97 Å². The lowest BCUT2D eigenvalue weighted by Crippen LogP contribution is -2.62. The predicted molar refractivity (Wildman–Crippen MR) is 194 cm³/mol. The molecule has 0 radical (unpaired) electrons. The lowest BCUT2D eigenvalue weighted by atomic mass is 9.42. The highest BCUT2D eigenvalue weighted by Crippen LogP contribution is 2.88. The molecule has 0 aromatic rings. The molecule has 15 nitrogen and oxygen atoms in total. The van der Waals surface area contributed by atoms with E-state index in [4.69, 9.17) is 28.4 Å². The van der Waals surface area contributed by atoms with E-state index in [2.05, 4.69) is 20.8 Å². The zero-order chi connectivity index (χ0) is 40.5. The molecule has 0 aromatic carbocycles. The Labute approximate surface area is 328 Å². The number of fused-ring (bicyclic) bond motifs is 2. The molecule has 1 unspecified atom stereocenters. The van der Waals surface area contributed by atoms with Gasteiger partial charge in [-0.15, -0.1) is 0 Å². The first-order valence-electron chi connectivity index (χ1n) is 21.0. The number of carbonyl (C=O) groups excluding carboxylic acids is 1. The molecule has 21 atom stereocenters. The lowest BCUT2D eigenvalue weighted by Gasteiger charge is -2.63. The third-order valence-electron chi connectivity index (χ3n) is 17.1. The van der Waals surface area contributed by atoms with Gasteiger partial charge in [-0.25, -0.2) is 0 Å². The van der Waals surface area contributed by atoms with Crippen LogP contribution in [0.25, 0.3) is 0 Å². The van der Waals surface area contributed by atoms with E-state index in [0.29, 0.717) is 32.1 Å². The molecule has 3 aliphatic heterocycles. The van der Waals surface area contributed by atoms with E-state index in [0.717, 1.165) is 32.1 Å². The van der Waals surface area contributed by atoms with Crippen LogP contribution in [0.4, 0.5) is 0 Å². The van der Waals surface area contributed by atoms with Crippen LogP contribution in [-0.4, -0.2) is 151 Å². The van der Waals surface area contributed by atoms with E-state index in [1.54, 1.807) is 13.8 Å². The number of ether oxygens (including phenoxy) is 6. The summed E-state index contributed by atoms with van der Waals surface area (Å²) >= 11 is 0. The second-order valence-electron chi connectivity index (χ2n) is 20.3. The molecule has 0 amide bonds. The molecule has 3 heterocycles. The molecule has 56 heavy (non-hydrogen) atoms. The smallest absolute Gasteiger partial charge is 0.303 e. The highest BCUT2D eigenvalue weighted by Gasteiger charge is 2.83. The molecule has 320 valence electrons. The number of rotatable bonds is 8. The van der Waals surface area contributed by atoms with Gasteiger partial charge in [0.2, 0.25) is 0 Å². The highest BCUT2D eigenvalue weighted by atomic mass is 16.7. The standard InChI is InChI=1S/C41H66O15/c1-19(43)52-32-28(46)23(45)17-51-35(32)53-20-7-10-40-18-41(40)12-11-37(4)33(39(6)9-8-27(56-39)36(2,3)50)22(44)15-38(37,5)26(41)14-24(21(40)13-20)54-34-31(49)30(48)29(47)25(16-42)55-34/h20-35,42,44-50H,7-18H2,1-6H3/t20-,21?,22-,23+,24-,25+,26-,27-,28-,29+,30-,31+,32+,33-,34+,35-,37+,38-,39+,40+,41+/m0/s1. The number of carbonyl (C=O) groups is 1. The fourth-order valence-corrected chi connectivity index (χ4v) is 14.3. The van der Waals surface area contributed by atoms with Gasteiger partial charge >= 0.3 is 5.97 Å². The Morgan fingerprint density at radius 3 is 2.21 bits per heavy atom. The summed E-state index contributed by atoms with van der Waals surface area (Å²) < 4.78 is 37.1. The predicted octanol–water partition coefficient (Wildman–Crippen LogP) is 0.659. The van der Waals surface area contributed by atoms with Crippen molar-refractivity contribution in [1.29, 1.82) is 0 Å². The van der Waals surface area contributed by atoms with Crippen molar-refractivity contribution in [2.24, 2.45) is 39.4 Å². The minimum atomic E-state index is -1.60. The van der Waals surface area contributed by atoms with E-state index in [1.807, 2.05) is 0 Å². The maximum Gasteiger partial charge on any atom is 0.303 e. The van der Waals surface area contributed by atoms with E-state index in [1.165, 1.54) is 6.92 Å².